The third kappa shape index (κ3) is 2.83. The van der Waals surface area contributed by atoms with Crippen LogP contribution in [0.2, 0.25) is 0 Å². The molecule has 1 aromatic heterocycles. The first-order chi connectivity index (χ1) is 9.74. The molecule has 110 valence electrons. The molecular formula is C13H20N4O3. The van der Waals surface area contributed by atoms with Crippen LogP contribution >= 0.6 is 0 Å². The van der Waals surface area contributed by atoms with Gasteiger partial charge in [-0.15, -0.1) is 0 Å². The van der Waals surface area contributed by atoms with Crippen LogP contribution in [0.15, 0.2) is 12.4 Å². The summed E-state index contributed by atoms with van der Waals surface area (Å²) in [5.74, 6) is 0. The third-order valence-corrected chi connectivity index (χ3v) is 4.38. The number of likely N-dealkylation sites (tertiary alicyclic amines) is 1. The Bertz CT molecular complexity index is 462. The van der Waals surface area contributed by atoms with E-state index in [1.54, 1.807) is 10.9 Å². The maximum absolute atomic E-state index is 10.7. The van der Waals surface area contributed by atoms with Crippen molar-refractivity contribution in [3.8, 4) is 0 Å². The third-order valence-electron chi connectivity index (χ3n) is 4.38. The Morgan fingerprint density at radius 2 is 1.90 bits per heavy atom. The summed E-state index contributed by atoms with van der Waals surface area (Å²) in [6, 6.07) is 0.941. The predicted molar refractivity (Wildman–Crippen MR) is 72.6 cm³/mol. The molecule has 7 nitrogen and oxygen atoms in total. The molecule has 0 N–H and O–H groups in total. The molecule has 2 fully saturated rings. The zero-order valence-electron chi connectivity index (χ0n) is 11.5. The number of nitrogens with zero attached hydrogens (tertiary/aromatic N) is 4. The lowest BCUT2D eigenvalue weighted by atomic mass is 10.00. The summed E-state index contributed by atoms with van der Waals surface area (Å²) in [4.78, 5) is 12.8. The molecule has 0 bridgehead atoms. The second-order valence-electron chi connectivity index (χ2n) is 5.55. The minimum absolute atomic E-state index is 0.0804. The van der Waals surface area contributed by atoms with Crippen molar-refractivity contribution in [2.24, 2.45) is 0 Å². The van der Waals surface area contributed by atoms with Crippen molar-refractivity contribution in [1.82, 2.24) is 14.7 Å². The summed E-state index contributed by atoms with van der Waals surface area (Å²) in [7, 11) is 0. The van der Waals surface area contributed by atoms with Crippen molar-refractivity contribution < 1.29 is 9.66 Å². The monoisotopic (exact) mass is 280 g/mol. The van der Waals surface area contributed by atoms with Crippen molar-refractivity contribution >= 4 is 5.69 Å². The van der Waals surface area contributed by atoms with Gasteiger partial charge in [0.25, 0.3) is 0 Å². The summed E-state index contributed by atoms with van der Waals surface area (Å²) >= 11 is 0. The Balaban J connectivity index is 1.56. The van der Waals surface area contributed by atoms with E-state index < -0.39 is 0 Å². The van der Waals surface area contributed by atoms with Gasteiger partial charge in [-0.25, -0.2) is 0 Å². The van der Waals surface area contributed by atoms with Gasteiger partial charge < -0.3 is 9.64 Å². The van der Waals surface area contributed by atoms with Crippen molar-refractivity contribution in [2.45, 2.75) is 37.8 Å². The van der Waals surface area contributed by atoms with E-state index in [4.69, 9.17) is 4.74 Å². The number of piperidine rings is 1. The molecular weight excluding hydrogens is 260 g/mol. The number of hydrogen-bond acceptors (Lipinski definition) is 5. The molecule has 0 radical (unpaired) electrons. The zero-order chi connectivity index (χ0) is 13.9. The fraction of sp³-hybridized carbons (Fsp3) is 0.769. The molecule has 7 heteroatoms. The molecule has 3 heterocycles. The largest absolute Gasteiger partial charge is 0.381 e. The highest BCUT2D eigenvalue weighted by Gasteiger charge is 2.28. The Kier molecular flexibility index (Phi) is 3.98. The van der Waals surface area contributed by atoms with Crippen LogP contribution in [0.1, 0.15) is 31.7 Å². The predicted octanol–water partition coefficient (Wildman–Crippen LogP) is 1.61. The zero-order valence-corrected chi connectivity index (χ0v) is 11.5. The van der Waals surface area contributed by atoms with Gasteiger partial charge in [0.05, 0.1) is 11.0 Å². The molecule has 0 unspecified atom stereocenters. The molecule has 3 rings (SSSR count). The van der Waals surface area contributed by atoms with Crippen LogP contribution in [0.4, 0.5) is 5.69 Å². The summed E-state index contributed by atoms with van der Waals surface area (Å²) in [5.41, 5.74) is 0.0804. The number of ether oxygens (including phenoxy) is 1. The fourth-order valence-electron chi connectivity index (χ4n) is 3.19. The minimum atomic E-state index is -0.388. The van der Waals surface area contributed by atoms with Gasteiger partial charge in [-0.3, -0.25) is 14.8 Å². The molecule has 0 aliphatic carbocycles. The first-order valence-electron chi connectivity index (χ1n) is 7.24. The highest BCUT2D eigenvalue weighted by Crippen LogP contribution is 2.26. The summed E-state index contributed by atoms with van der Waals surface area (Å²) in [6.07, 6.45) is 7.15. The van der Waals surface area contributed by atoms with Crippen molar-refractivity contribution in [3.63, 3.8) is 0 Å². The second-order valence-corrected chi connectivity index (χ2v) is 5.55. The van der Waals surface area contributed by atoms with Crippen molar-refractivity contribution in [1.29, 1.82) is 0 Å². The molecule has 2 aliphatic heterocycles. The van der Waals surface area contributed by atoms with E-state index in [2.05, 4.69) is 10.00 Å². The number of hydrogen-bond donors (Lipinski definition) is 0. The van der Waals surface area contributed by atoms with E-state index in [0.717, 1.165) is 52.0 Å². The summed E-state index contributed by atoms with van der Waals surface area (Å²) in [5, 5.41) is 14.8. The molecule has 0 atom stereocenters. The maximum atomic E-state index is 10.7. The van der Waals surface area contributed by atoms with Gasteiger partial charge in [-0.1, -0.05) is 0 Å². The van der Waals surface area contributed by atoms with Crippen LogP contribution in [-0.2, 0) is 4.74 Å². The number of rotatable bonds is 3. The lowest BCUT2D eigenvalue weighted by molar-refractivity contribution is -0.385. The first-order valence-corrected chi connectivity index (χ1v) is 7.24. The topological polar surface area (TPSA) is 73.4 Å². The van der Waals surface area contributed by atoms with E-state index in [-0.39, 0.29) is 10.6 Å². The molecule has 0 amide bonds. The van der Waals surface area contributed by atoms with Crippen LogP contribution in [-0.4, -0.2) is 51.9 Å². The van der Waals surface area contributed by atoms with Gasteiger partial charge in [0.1, 0.15) is 12.4 Å². The van der Waals surface area contributed by atoms with Crippen molar-refractivity contribution in [3.05, 3.63) is 22.5 Å². The number of nitro groups is 1. The Hall–Kier alpha value is -1.47. The van der Waals surface area contributed by atoms with Gasteiger partial charge in [0, 0.05) is 32.3 Å². The first kappa shape index (κ1) is 13.5. The van der Waals surface area contributed by atoms with Crippen LogP contribution < -0.4 is 0 Å². The molecule has 0 spiro atoms. The smallest absolute Gasteiger partial charge is 0.307 e. The SMILES string of the molecule is O=[N+]([O-])c1cnn(C2CCN(C3CCOCC3)CC2)c1. The van der Waals surface area contributed by atoms with Crippen LogP contribution in [0.3, 0.4) is 0 Å². The second kappa shape index (κ2) is 5.88. The van der Waals surface area contributed by atoms with E-state index in [1.165, 1.54) is 6.20 Å². The Labute approximate surface area is 117 Å². The van der Waals surface area contributed by atoms with E-state index in [1.807, 2.05) is 0 Å². The fourth-order valence-corrected chi connectivity index (χ4v) is 3.19. The lowest BCUT2D eigenvalue weighted by Crippen LogP contribution is -2.44. The van der Waals surface area contributed by atoms with E-state index >= 15 is 0 Å². The average molecular weight is 280 g/mol. The average Bonchev–Trinajstić information content (AvgIpc) is 2.98. The molecule has 2 aliphatic rings. The molecule has 0 saturated carbocycles. The van der Waals surface area contributed by atoms with Gasteiger partial charge in [0.15, 0.2) is 0 Å². The maximum Gasteiger partial charge on any atom is 0.307 e. The van der Waals surface area contributed by atoms with Gasteiger partial charge in [-0.05, 0) is 25.7 Å². The van der Waals surface area contributed by atoms with Crippen molar-refractivity contribution in [2.75, 3.05) is 26.3 Å². The number of aromatic nitrogens is 2. The molecule has 0 aromatic carbocycles. The highest BCUT2D eigenvalue weighted by molar-refractivity contribution is 5.21. The highest BCUT2D eigenvalue weighted by atomic mass is 16.6. The van der Waals surface area contributed by atoms with Gasteiger partial charge >= 0.3 is 5.69 Å². The minimum Gasteiger partial charge on any atom is -0.381 e. The Morgan fingerprint density at radius 3 is 2.50 bits per heavy atom. The van der Waals surface area contributed by atoms with Crippen LogP contribution in [0, 0.1) is 10.1 Å². The standard InChI is InChI=1S/C13H20N4O3/c18-17(19)13-9-14-16(10-13)12-1-5-15(6-2-12)11-3-7-20-8-4-11/h9-12H,1-8H2. The van der Waals surface area contributed by atoms with E-state index in [9.17, 15) is 10.1 Å². The quantitative estimate of drug-likeness (QED) is 0.621. The normalized spacial score (nSPS) is 23.0. The van der Waals surface area contributed by atoms with E-state index in [0.29, 0.717) is 12.1 Å². The summed E-state index contributed by atoms with van der Waals surface area (Å²) in [6.45, 7) is 3.83. The molecule has 2 saturated heterocycles. The lowest BCUT2D eigenvalue weighted by Gasteiger charge is -2.39. The Morgan fingerprint density at radius 1 is 1.20 bits per heavy atom. The van der Waals surface area contributed by atoms with Gasteiger partial charge in [-0.2, -0.15) is 5.10 Å². The molecule has 20 heavy (non-hydrogen) atoms. The van der Waals surface area contributed by atoms with Crippen LogP contribution in [0.25, 0.3) is 0 Å². The van der Waals surface area contributed by atoms with Crippen LogP contribution in [0.5, 0.6) is 0 Å². The summed E-state index contributed by atoms with van der Waals surface area (Å²) < 4.78 is 7.16. The van der Waals surface area contributed by atoms with Gasteiger partial charge in [0.2, 0.25) is 0 Å². The molecule has 1 aromatic rings.